The molecule has 0 unspecified atom stereocenters. The molecule has 15 rings (SSSR count). The van der Waals surface area contributed by atoms with Gasteiger partial charge in [0.1, 0.15) is 0 Å². The minimum atomic E-state index is -0.329. The first-order valence-corrected chi connectivity index (χ1v) is 24.2. The van der Waals surface area contributed by atoms with Gasteiger partial charge in [0, 0.05) is 17.2 Å². The average Bonchev–Trinajstić information content (AvgIpc) is 3.89. The van der Waals surface area contributed by atoms with Crippen molar-refractivity contribution in [2.75, 3.05) is 0 Å². The molecular formula is C60H47N5OPt. The second kappa shape index (κ2) is 16.8. The average molecular weight is 1050 g/mol. The van der Waals surface area contributed by atoms with E-state index >= 15 is 0 Å². The van der Waals surface area contributed by atoms with Crippen molar-refractivity contribution < 1.29 is 24.1 Å². The molecule has 0 saturated heterocycles. The molecule has 4 bridgehead atoms. The molecule has 0 spiro atoms. The first kappa shape index (κ1) is 41.1. The molecule has 0 atom stereocenters. The van der Waals surface area contributed by atoms with E-state index in [-0.39, 0.29) is 5.41 Å². The van der Waals surface area contributed by atoms with Gasteiger partial charge in [0.2, 0.25) is 0 Å². The number of fused-ring (bicyclic) bond motifs is 3. The molecule has 0 radical (unpaired) electrons. The number of hydrogen-bond donors (Lipinski definition) is 0. The Kier molecular flexibility index (Phi) is 10.3. The van der Waals surface area contributed by atoms with E-state index in [2.05, 4.69) is 241 Å². The third-order valence-corrected chi connectivity index (χ3v) is 14.8. The fourth-order valence-corrected chi connectivity index (χ4v) is 11.0. The van der Waals surface area contributed by atoms with Gasteiger partial charge in [-0.1, -0.05) is 111 Å². The quantitative estimate of drug-likeness (QED) is 0.152. The van der Waals surface area contributed by atoms with Crippen LogP contribution in [-0.4, -0.2) is 23.5 Å². The molecule has 0 fully saturated rings. The van der Waals surface area contributed by atoms with Crippen LogP contribution in [0.3, 0.4) is 0 Å². The normalized spacial score (nSPS) is 12.8. The van der Waals surface area contributed by atoms with Crippen molar-refractivity contribution >= 4 is 27.3 Å². The van der Waals surface area contributed by atoms with Crippen LogP contribution in [-0.2, 0) is 50.5 Å². The summed E-state index contributed by atoms with van der Waals surface area (Å²) < 4.78 is 14.9. The topological polar surface area (TPSA) is 49.3 Å². The second-order valence-corrected chi connectivity index (χ2v) is 19.2. The van der Waals surface area contributed by atoms with Crippen molar-refractivity contribution in [3.63, 3.8) is 0 Å². The Morgan fingerprint density at radius 3 is 2.00 bits per heavy atom. The van der Waals surface area contributed by atoms with E-state index in [9.17, 15) is 0 Å². The molecule has 11 aromatic rings. The van der Waals surface area contributed by atoms with Crippen LogP contribution < -0.4 is 4.74 Å². The molecule has 0 saturated carbocycles. The SMILES string of the molecule is CC(C)(c1ccccc1)c1cc(-n2c3ccc(-c4ccccc4)cc3c3ccc(Oc4cccc(-n5cc6c7cnc(n6[c]5=[Pt])CCc5ccc(cc5)CC7)c4)cc32)ncc1-c1ccccc1. The molecule has 0 N–H and O–H groups in total. The van der Waals surface area contributed by atoms with E-state index in [1.165, 1.54) is 44.5 Å². The summed E-state index contributed by atoms with van der Waals surface area (Å²) >= 11 is 2.46. The minimum Gasteiger partial charge on any atom is -0.0622 e. The van der Waals surface area contributed by atoms with Crippen LogP contribution in [0.5, 0.6) is 11.5 Å². The summed E-state index contributed by atoms with van der Waals surface area (Å²) in [5.74, 6) is 3.42. The molecule has 0 aliphatic carbocycles. The third kappa shape index (κ3) is 7.46. The number of aryl methyl sites for hydroxylation is 4. The molecule has 328 valence electrons. The Bertz CT molecular complexity index is 3700. The molecule has 4 aliphatic rings. The van der Waals surface area contributed by atoms with Crippen LogP contribution in [0.1, 0.15) is 47.5 Å². The van der Waals surface area contributed by atoms with E-state index in [1.807, 2.05) is 6.07 Å². The molecular weight excluding hydrogens is 1000 g/mol. The number of imidazole rings is 1. The van der Waals surface area contributed by atoms with E-state index in [1.54, 1.807) is 0 Å². The first-order chi connectivity index (χ1) is 32.9. The van der Waals surface area contributed by atoms with Gasteiger partial charge in [0.25, 0.3) is 0 Å². The first-order valence-electron chi connectivity index (χ1n) is 23.0. The standard InChI is InChI=1S/C60H47N5O.Pt/c1-60(2,47-17-10-5-11-18-47)54-36-59(62-38-53(54)44-15-8-4-9-16-44)65-55-31-28-45(43-13-6-3-7-14-43)33-52(55)51-30-29-50(35-56(51)65)66-49-20-12-19-48(34-49)63-39-57-46-27-25-41-21-23-42(24-22-41)26-32-58(61-37-46)64(57)40-63;/h3-24,28-31,33-39H,25-27,32H2,1-2H3;. The molecule has 0 amide bonds. The maximum atomic E-state index is 6.86. The summed E-state index contributed by atoms with van der Waals surface area (Å²) in [7, 11) is 0. The summed E-state index contributed by atoms with van der Waals surface area (Å²) in [6.45, 7) is 4.63. The van der Waals surface area contributed by atoms with Gasteiger partial charge in [-0.3, -0.25) is 0 Å². The van der Waals surface area contributed by atoms with Gasteiger partial charge >= 0.3 is 247 Å². The smallest absolute Gasteiger partial charge is 0.0622 e. The second-order valence-electron chi connectivity index (χ2n) is 18.1. The van der Waals surface area contributed by atoms with Crippen LogP contribution in [0.2, 0.25) is 0 Å². The Balaban J connectivity index is 0.976. The van der Waals surface area contributed by atoms with Crippen molar-refractivity contribution in [3.05, 3.63) is 238 Å². The molecule has 6 nitrogen and oxygen atoms in total. The number of pyridine rings is 1. The van der Waals surface area contributed by atoms with Crippen LogP contribution in [0.4, 0.5) is 0 Å². The predicted molar refractivity (Wildman–Crippen MR) is 267 cm³/mol. The number of ether oxygens (including phenoxy) is 1. The van der Waals surface area contributed by atoms with Gasteiger partial charge in [-0.15, -0.1) is 0 Å². The van der Waals surface area contributed by atoms with Crippen molar-refractivity contribution in [2.45, 2.75) is 44.9 Å². The van der Waals surface area contributed by atoms with E-state index in [0.29, 0.717) is 0 Å². The van der Waals surface area contributed by atoms with Crippen molar-refractivity contribution in [2.24, 2.45) is 0 Å². The van der Waals surface area contributed by atoms with Crippen LogP contribution in [0, 0.1) is 3.80 Å². The number of nitrogens with zero attached hydrogens (tertiary/aromatic N) is 5. The zero-order valence-corrected chi connectivity index (χ0v) is 39.6. The fraction of sp³-hybridized carbons (Fsp3) is 0.117. The van der Waals surface area contributed by atoms with Gasteiger partial charge < -0.3 is 0 Å². The number of benzene rings is 7. The molecule has 7 heteroatoms. The van der Waals surface area contributed by atoms with Crippen LogP contribution in [0.15, 0.2) is 201 Å². The Labute approximate surface area is 400 Å². The van der Waals surface area contributed by atoms with Gasteiger partial charge in [-0.2, -0.15) is 0 Å². The summed E-state index contributed by atoms with van der Waals surface area (Å²) in [6.07, 6.45) is 10.1. The van der Waals surface area contributed by atoms with E-state index in [0.717, 1.165) is 91.2 Å². The Morgan fingerprint density at radius 1 is 0.537 bits per heavy atom. The number of rotatable bonds is 8. The minimum absolute atomic E-state index is 0.329. The Morgan fingerprint density at radius 2 is 1.24 bits per heavy atom. The van der Waals surface area contributed by atoms with Crippen molar-refractivity contribution in [1.82, 2.24) is 23.5 Å². The van der Waals surface area contributed by atoms with Gasteiger partial charge in [0.15, 0.2) is 0 Å². The summed E-state index contributed by atoms with van der Waals surface area (Å²) in [6, 6.07) is 65.1. The zero-order valence-electron chi connectivity index (χ0n) is 37.3. The van der Waals surface area contributed by atoms with E-state index < -0.39 is 0 Å². The number of hydrogen-bond acceptors (Lipinski definition) is 3. The Hall–Kier alpha value is -7.40. The van der Waals surface area contributed by atoms with Crippen molar-refractivity contribution in [3.8, 4) is 45.3 Å². The van der Waals surface area contributed by atoms with Gasteiger partial charge in [-0.05, 0) is 27.8 Å². The van der Waals surface area contributed by atoms with Crippen molar-refractivity contribution in [1.29, 1.82) is 0 Å². The fourth-order valence-electron chi connectivity index (χ4n) is 10.0. The summed E-state index contributed by atoms with van der Waals surface area (Å²) in [4.78, 5) is 10.3. The molecule has 7 aromatic carbocycles. The molecule has 4 aromatic heterocycles. The maximum absolute atomic E-state index is 6.86. The zero-order chi connectivity index (χ0) is 45.1. The summed E-state index contributed by atoms with van der Waals surface area (Å²) in [5.41, 5.74) is 15.0. The third-order valence-electron chi connectivity index (χ3n) is 13.7. The van der Waals surface area contributed by atoms with Crippen LogP contribution in [0.25, 0.3) is 61.1 Å². The van der Waals surface area contributed by atoms with Gasteiger partial charge in [-0.25, -0.2) is 0 Å². The monoisotopic (exact) mass is 1050 g/mol. The van der Waals surface area contributed by atoms with Crippen LogP contribution >= 0.6 is 0 Å². The van der Waals surface area contributed by atoms with Gasteiger partial charge in [0.05, 0.1) is 0 Å². The van der Waals surface area contributed by atoms with E-state index in [4.69, 9.17) is 14.7 Å². The molecule has 8 heterocycles. The number of aromatic nitrogens is 5. The summed E-state index contributed by atoms with van der Waals surface area (Å²) in [5, 5.41) is 2.28. The predicted octanol–water partition coefficient (Wildman–Crippen LogP) is 14.0. The molecule has 4 aliphatic heterocycles. The molecule has 67 heavy (non-hydrogen) atoms.